The fourth-order valence-corrected chi connectivity index (χ4v) is 2.77. The summed E-state index contributed by atoms with van der Waals surface area (Å²) < 4.78 is 0. The highest BCUT2D eigenvalue weighted by Crippen LogP contribution is 2.22. The van der Waals surface area contributed by atoms with Crippen molar-refractivity contribution in [1.29, 1.82) is 0 Å². The third-order valence-electron chi connectivity index (χ3n) is 3.77. The van der Waals surface area contributed by atoms with Crippen LogP contribution < -0.4 is 5.32 Å². The molecule has 1 aromatic heterocycles. The van der Waals surface area contributed by atoms with Crippen LogP contribution in [0.4, 0.5) is 0 Å². The number of rotatable bonds is 3. The Morgan fingerprint density at radius 3 is 2.79 bits per heavy atom. The molecular formula is C16H19N3. The zero-order valence-electron chi connectivity index (χ0n) is 11.5. The molecule has 0 atom stereocenters. The van der Waals surface area contributed by atoms with E-state index in [0.717, 1.165) is 37.3 Å². The van der Waals surface area contributed by atoms with Gasteiger partial charge in [-0.1, -0.05) is 12.1 Å². The molecule has 0 spiro atoms. The minimum absolute atomic E-state index is 0.981. The minimum atomic E-state index is 0.981. The van der Waals surface area contributed by atoms with E-state index in [9.17, 15) is 0 Å². The van der Waals surface area contributed by atoms with E-state index in [2.05, 4.69) is 40.4 Å². The van der Waals surface area contributed by atoms with Crippen molar-refractivity contribution >= 4 is 0 Å². The van der Waals surface area contributed by atoms with Gasteiger partial charge in [-0.3, -0.25) is 0 Å². The van der Waals surface area contributed by atoms with Gasteiger partial charge in [-0.05, 0) is 55.0 Å². The van der Waals surface area contributed by atoms with Crippen LogP contribution in [0.3, 0.4) is 0 Å². The summed E-state index contributed by atoms with van der Waals surface area (Å²) in [6.07, 6.45) is 3.68. The molecule has 2 heterocycles. The quantitative estimate of drug-likeness (QED) is 0.913. The highest BCUT2D eigenvalue weighted by molar-refractivity contribution is 5.41. The van der Waals surface area contributed by atoms with Gasteiger partial charge >= 0.3 is 0 Å². The molecule has 1 aliphatic rings. The zero-order chi connectivity index (χ0) is 13.2. The molecule has 3 rings (SSSR count). The van der Waals surface area contributed by atoms with Gasteiger partial charge < -0.3 is 5.32 Å². The number of benzene rings is 1. The molecular weight excluding hydrogens is 234 g/mol. The molecule has 98 valence electrons. The number of fused-ring (bicyclic) bond motifs is 1. The summed E-state index contributed by atoms with van der Waals surface area (Å²) in [6, 6.07) is 6.73. The number of hydrogen-bond donors (Lipinski definition) is 1. The molecule has 0 saturated heterocycles. The fourth-order valence-electron chi connectivity index (χ4n) is 2.77. The van der Waals surface area contributed by atoms with Gasteiger partial charge in [0, 0.05) is 24.5 Å². The maximum Gasteiger partial charge on any atom is 0.115 e. The number of aromatic nitrogens is 2. The van der Waals surface area contributed by atoms with E-state index in [0.29, 0.717) is 0 Å². The largest absolute Gasteiger partial charge is 0.309 e. The maximum atomic E-state index is 4.33. The van der Waals surface area contributed by atoms with Crippen LogP contribution in [-0.2, 0) is 25.9 Å². The van der Waals surface area contributed by atoms with Crippen molar-refractivity contribution in [3.63, 3.8) is 0 Å². The maximum absolute atomic E-state index is 4.33. The molecule has 0 amide bonds. The topological polar surface area (TPSA) is 37.8 Å². The van der Waals surface area contributed by atoms with Gasteiger partial charge in [-0.15, -0.1) is 0 Å². The summed E-state index contributed by atoms with van der Waals surface area (Å²) in [4.78, 5) is 8.46. The van der Waals surface area contributed by atoms with Crippen molar-refractivity contribution in [1.82, 2.24) is 15.3 Å². The zero-order valence-corrected chi connectivity index (χ0v) is 11.5. The SMILES string of the molecule is Cc1cc(CCc2cc(C)c3c(c2)CNC3)ncn1. The summed E-state index contributed by atoms with van der Waals surface area (Å²) in [5.41, 5.74) is 7.95. The number of nitrogens with zero attached hydrogens (tertiary/aromatic N) is 2. The second-order valence-electron chi connectivity index (χ2n) is 5.30. The predicted molar refractivity (Wildman–Crippen MR) is 75.9 cm³/mol. The van der Waals surface area contributed by atoms with Gasteiger partial charge in [-0.2, -0.15) is 0 Å². The van der Waals surface area contributed by atoms with Crippen molar-refractivity contribution < 1.29 is 0 Å². The van der Waals surface area contributed by atoms with Crippen LogP contribution in [0.1, 0.15) is 33.6 Å². The van der Waals surface area contributed by atoms with Crippen LogP contribution >= 0.6 is 0 Å². The number of hydrogen-bond acceptors (Lipinski definition) is 3. The Morgan fingerprint density at radius 1 is 1.05 bits per heavy atom. The highest BCUT2D eigenvalue weighted by Gasteiger charge is 2.13. The number of aryl methyl sites for hydroxylation is 4. The van der Waals surface area contributed by atoms with Gasteiger partial charge in [0.05, 0.1) is 0 Å². The molecule has 0 radical (unpaired) electrons. The van der Waals surface area contributed by atoms with E-state index < -0.39 is 0 Å². The smallest absolute Gasteiger partial charge is 0.115 e. The van der Waals surface area contributed by atoms with Crippen molar-refractivity contribution in [3.8, 4) is 0 Å². The first-order chi connectivity index (χ1) is 9.22. The number of nitrogens with one attached hydrogen (secondary N) is 1. The Kier molecular flexibility index (Phi) is 3.30. The van der Waals surface area contributed by atoms with Crippen LogP contribution in [0.5, 0.6) is 0 Å². The van der Waals surface area contributed by atoms with Crippen molar-refractivity contribution in [3.05, 3.63) is 58.2 Å². The molecule has 19 heavy (non-hydrogen) atoms. The Morgan fingerprint density at radius 2 is 1.95 bits per heavy atom. The van der Waals surface area contributed by atoms with E-state index in [1.165, 1.54) is 22.3 Å². The van der Waals surface area contributed by atoms with Crippen molar-refractivity contribution in [2.75, 3.05) is 0 Å². The van der Waals surface area contributed by atoms with Crippen molar-refractivity contribution in [2.24, 2.45) is 0 Å². The molecule has 1 aromatic carbocycles. The first-order valence-corrected chi connectivity index (χ1v) is 6.82. The molecule has 3 nitrogen and oxygen atoms in total. The lowest BCUT2D eigenvalue weighted by molar-refractivity contribution is 0.763. The molecule has 1 aliphatic heterocycles. The van der Waals surface area contributed by atoms with Crippen LogP contribution in [0.25, 0.3) is 0 Å². The second-order valence-corrected chi connectivity index (χ2v) is 5.30. The van der Waals surface area contributed by atoms with E-state index in [4.69, 9.17) is 0 Å². The first kappa shape index (κ1) is 12.3. The monoisotopic (exact) mass is 253 g/mol. The van der Waals surface area contributed by atoms with Gasteiger partial charge in [0.1, 0.15) is 6.33 Å². The van der Waals surface area contributed by atoms with Gasteiger partial charge in [0.15, 0.2) is 0 Å². The molecule has 0 fully saturated rings. The van der Waals surface area contributed by atoms with E-state index in [1.807, 2.05) is 6.92 Å². The molecule has 2 aromatic rings. The normalized spacial score (nSPS) is 13.6. The molecule has 0 bridgehead atoms. The van der Waals surface area contributed by atoms with E-state index >= 15 is 0 Å². The van der Waals surface area contributed by atoms with E-state index in [1.54, 1.807) is 6.33 Å². The Balaban J connectivity index is 1.76. The summed E-state index contributed by atoms with van der Waals surface area (Å²) >= 11 is 0. The Bertz CT molecular complexity index is 605. The molecule has 0 unspecified atom stereocenters. The molecule has 0 aliphatic carbocycles. The standard InChI is InChI=1S/C16H19N3/c1-11-5-13(7-14-8-17-9-16(11)14)3-4-15-6-12(2)18-10-19-15/h5-7,10,17H,3-4,8-9H2,1-2H3. The van der Waals surface area contributed by atoms with Gasteiger partial charge in [-0.25, -0.2) is 9.97 Å². The van der Waals surface area contributed by atoms with Gasteiger partial charge in [0.25, 0.3) is 0 Å². The average molecular weight is 253 g/mol. The second kappa shape index (κ2) is 5.10. The fraction of sp³-hybridized carbons (Fsp3) is 0.375. The molecule has 3 heteroatoms. The lowest BCUT2D eigenvalue weighted by Crippen LogP contribution is -2.00. The minimum Gasteiger partial charge on any atom is -0.309 e. The van der Waals surface area contributed by atoms with E-state index in [-0.39, 0.29) is 0 Å². The predicted octanol–water partition coefficient (Wildman–Crippen LogP) is 2.48. The Hall–Kier alpha value is -1.74. The molecule has 0 saturated carbocycles. The molecule has 1 N–H and O–H groups in total. The summed E-state index contributed by atoms with van der Waals surface area (Å²) in [5.74, 6) is 0. The van der Waals surface area contributed by atoms with Crippen LogP contribution in [0, 0.1) is 13.8 Å². The van der Waals surface area contributed by atoms with Crippen LogP contribution in [0.2, 0.25) is 0 Å². The highest BCUT2D eigenvalue weighted by atomic mass is 14.9. The lowest BCUT2D eigenvalue weighted by atomic mass is 9.98. The summed E-state index contributed by atoms with van der Waals surface area (Å²) in [7, 11) is 0. The van der Waals surface area contributed by atoms with Gasteiger partial charge in [0.2, 0.25) is 0 Å². The Labute approximate surface area is 114 Å². The third kappa shape index (κ3) is 2.66. The van der Waals surface area contributed by atoms with Crippen LogP contribution in [0.15, 0.2) is 24.5 Å². The lowest BCUT2D eigenvalue weighted by Gasteiger charge is -2.08. The first-order valence-electron chi connectivity index (χ1n) is 6.82. The van der Waals surface area contributed by atoms with Crippen molar-refractivity contribution in [2.45, 2.75) is 39.8 Å². The third-order valence-corrected chi connectivity index (χ3v) is 3.77. The summed E-state index contributed by atoms with van der Waals surface area (Å²) in [6.45, 7) is 6.25. The summed E-state index contributed by atoms with van der Waals surface area (Å²) in [5, 5.41) is 3.42. The van der Waals surface area contributed by atoms with Crippen LogP contribution in [-0.4, -0.2) is 9.97 Å². The average Bonchev–Trinajstić information content (AvgIpc) is 2.85.